The molecule has 16 heavy (non-hydrogen) atoms. The molecule has 0 saturated heterocycles. The van der Waals surface area contributed by atoms with Crippen LogP contribution >= 0.6 is 0 Å². The van der Waals surface area contributed by atoms with Crippen LogP contribution in [-0.4, -0.2) is 16.5 Å². The summed E-state index contributed by atoms with van der Waals surface area (Å²) in [6.07, 6.45) is 5.37. The van der Waals surface area contributed by atoms with Crippen molar-refractivity contribution in [1.82, 2.24) is 10.3 Å². The van der Waals surface area contributed by atoms with Gasteiger partial charge in [-0.05, 0) is 23.6 Å². The molecule has 1 aromatic heterocycles. The van der Waals surface area contributed by atoms with Crippen LogP contribution in [0.1, 0.15) is 5.69 Å². The van der Waals surface area contributed by atoms with Crippen molar-refractivity contribution in [2.75, 3.05) is 0 Å². The van der Waals surface area contributed by atoms with Gasteiger partial charge in [0.25, 0.3) is 0 Å². The van der Waals surface area contributed by atoms with E-state index in [0.717, 1.165) is 5.39 Å². The summed E-state index contributed by atoms with van der Waals surface area (Å²) in [5, 5.41) is 13.6. The fraction of sp³-hybridized carbons (Fsp3) is 0. The van der Waals surface area contributed by atoms with Crippen molar-refractivity contribution in [3.63, 3.8) is 0 Å². The molecule has 0 aliphatic rings. The van der Waals surface area contributed by atoms with Crippen LogP contribution in [0.3, 0.4) is 0 Å². The minimum Gasteiger partial charge on any atom is -0.507 e. The molecule has 0 saturated carbocycles. The van der Waals surface area contributed by atoms with Crippen LogP contribution in [0.15, 0.2) is 36.7 Å². The van der Waals surface area contributed by atoms with Crippen molar-refractivity contribution < 1.29 is 9.90 Å². The highest BCUT2D eigenvalue weighted by molar-refractivity contribution is 5.88. The van der Waals surface area contributed by atoms with Crippen molar-refractivity contribution >= 4 is 23.3 Å². The van der Waals surface area contributed by atoms with Crippen LogP contribution in [0, 0.1) is 0 Å². The number of nitrogens with one attached hydrogen (secondary N) is 1. The van der Waals surface area contributed by atoms with Gasteiger partial charge >= 0.3 is 0 Å². The molecule has 80 valence electrons. The number of amides is 1. The lowest BCUT2D eigenvalue weighted by Crippen LogP contribution is -1.98. The number of carbonyl (C=O) groups excluding carboxylic acids is 1. The number of nitrogens with zero attached hydrogens (tertiary/aromatic N) is 1. The van der Waals surface area contributed by atoms with Crippen LogP contribution in [0.4, 0.5) is 0 Å². The van der Waals surface area contributed by atoms with E-state index in [-0.39, 0.29) is 5.75 Å². The molecule has 4 nitrogen and oxygen atoms in total. The van der Waals surface area contributed by atoms with Gasteiger partial charge in [0.2, 0.25) is 6.41 Å². The summed E-state index contributed by atoms with van der Waals surface area (Å²) < 4.78 is 0. The Bertz CT molecular complexity index is 550. The predicted molar refractivity (Wildman–Crippen MR) is 61.6 cm³/mol. The van der Waals surface area contributed by atoms with Crippen molar-refractivity contribution in [2.24, 2.45) is 0 Å². The largest absolute Gasteiger partial charge is 0.507 e. The van der Waals surface area contributed by atoms with Crippen LogP contribution in [0.2, 0.25) is 0 Å². The Balaban J connectivity index is 2.41. The summed E-state index contributed by atoms with van der Waals surface area (Å²) in [6.45, 7) is 0. The van der Waals surface area contributed by atoms with Crippen molar-refractivity contribution in [3.05, 3.63) is 42.4 Å². The van der Waals surface area contributed by atoms with Gasteiger partial charge in [0, 0.05) is 17.8 Å². The Morgan fingerprint density at radius 2 is 2.25 bits per heavy atom. The second kappa shape index (κ2) is 4.44. The Kier molecular flexibility index (Phi) is 2.82. The monoisotopic (exact) mass is 214 g/mol. The minimum absolute atomic E-state index is 0.214. The maximum Gasteiger partial charge on any atom is 0.211 e. The lowest BCUT2D eigenvalue weighted by atomic mass is 10.1. The van der Waals surface area contributed by atoms with E-state index in [9.17, 15) is 9.90 Å². The molecule has 0 aliphatic heterocycles. The number of hydrogen-bond acceptors (Lipinski definition) is 3. The number of aromatic hydroxyl groups is 1. The molecule has 2 rings (SSSR count). The summed E-state index contributed by atoms with van der Waals surface area (Å²) >= 11 is 0. The maximum atomic E-state index is 10.0. The molecule has 0 aliphatic carbocycles. The van der Waals surface area contributed by atoms with Gasteiger partial charge in [-0.1, -0.05) is 12.1 Å². The standard InChI is InChI=1S/C12H10N2O2/c15-8-13-5-4-10-6-9-2-1-3-12(16)11(9)7-14-10/h1-8,16H,(H,13,15)/b5-4+. The molecule has 0 spiro atoms. The maximum absolute atomic E-state index is 10.0. The molecule has 0 unspecified atom stereocenters. The Morgan fingerprint density at radius 1 is 1.38 bits per heavy atom. The molecule has 2 aromatic rings. The third kappa shape index (κ3) is 2.00. The van der Waals surface area contributed by atoms with E-state index in [1.54, 1.807) is 24.4 Å². The van der Waals surface area contributed by atoms with E-state index in [1.165, 1.54) is 6.20 Å². The zero-order valence-electron chi connectivity index (χ0n) is 8.42. The molecule has 2 N–H and O–H groups in total. The highest BCUT2D eigenvalue weighted by Crippen LogP contribution is 2.23. The van der Waals surface area contributed by atoms with E-state index >= 15 is 0 Å². The van der Waals surface area contributed by atoms with Gasteiger partial charge < -0.3 is 10.4 Å². The minimum atomic E-state index is 0.214. The molecule has 1 aromatic carbocycles. The van der Waals surface area contributed by atoms with Gasteiger partial charge in [-0.15, -0.1) is 0 Å². The molecule has 4 heteroatoms. The zero-order valence-corrected chi connectivity index (χ0v) is 8.42. The summed E-state index contributed by atoms with van der Waals surface area (Å²) in [4.78, 5) is 14.2. The Morgan fingerprint density at radius 3 is 3.06 bits per heavy atom. The van der Waals surface area contributed by atoms with E-state index in [0.29, 0.717) is 17.5 Å². The van der Waals surface area contributed by atoms with E-state index in [4.69, 9.17) is 0 Å². The fourth-order valence-electron chi connectivity index (χ4n) is 1.44. The number of rotatable bonds is 3. The number of benzene rings is 1. The molecule has 1 heterocycles. The first-order chi connectivity index (χ1) is 7.81. The van der Waals surface area contributed by atoms with Crippen molar-refractivity contribution in [3.8, 4) is 5.75 Å². The van der Waals surface area contributed by atoms with Gasteiger partial charge in [0.1, 0.15) is 5.75 Å². The quantitative estimate of drug-likeness (QED) is 0.764. The number of fused-ring (bicyclic) bond motifs is 1. The van der Waals surface area contributed by atoms with Gasteiger partial charge in [0.15, 0.2) is 0 Å². The summed E-state index contributed by atoms with van der Waals surface area (Å²) in [5.41, 5.74) is 0.715. The average molecular weight is 214 g/mol. The van der Waals surface area contributed by atoms with Crippen LogP contribution in [0.5, 0.6) is 5.75 Å². The normalized spacial score (nSPS) is 10.8. The lowest BCUT2D eigenvalue weighted by Gasteiger charge is -2.00. The molecule has 0 bridgehead atoms. The van der Waals surface area contributed by atoms with E-state index < -0.39 is 0 Å². The molecule has 0 atom stereocenters. The summed E-state index contributed by atoms with van der Waals surface area (Å²) in [5.74, 6) is 0.214. The Labute approximate surface area is 92.2 Å². The Hall–Kier alpha value is -2.36. The second-order valence-electron chi connectivity index (χ2n) is 3.23. The number of carbonyl (C=O) groups is 1. The van der Waals surface area contributed by atoms with Gasteiger partial charge in [-0.2, -0.15) is 0 Å². The third-order valence-corrected chi connectivity index (χ3v) is 2.18. The first kappa shape index (κ1) is 10.2. The molecule has 0 radical (unpaired) electrons. The predicted octanol–water partition coefficient (Wildman–Crippen LogP) is 1.66. The molecular formula is C12H10N2O2. The van der Waals surface area contributed by atoms with Crippen LogP contribution < -0.4 is 5.32 Å². The fourth-order valence-corrected chi connectivity index (χ4v) is 1.44. The van der Waals surface area contributed by atoms with Crippen molar-refractivity contribution in [2.45, 2.75) is 0 Å². The lowest BCUT2D eigenvalue weighted by molar-refractivity contribution is -0.108. The first-order valence-corrected chi connectivity index (χ1v) is 4.75. The number of hydrogen-bond donors (Lipinski definition) is 2. The first-order valence-electron chi connectivity index (χ1n) is 4.75. The van der Waals surface area contributed by atoms with Gasteiger partial charge in [-0.3, -0.25) is 9.78 Å². The van der Waals surface area contributed by atoms with E-state index in [1.807, 2.05) is 12.1 Å². The number of pyridine rings is 1. The topological polar surface area (TPSA) is 62.2 Å². The average Bonchev–Trinajstić information content (AvgIpc) is 2.30. The highest BCUT2D eigenvalue weighted by Gasteiger charge is 1.99. The number of phenols is 1. The zero-order chi connectivity index (χ0) is 11.4. The van der Waals surface area contributed by atoms with Crippen molar-refractivity contribution in [1.29, 1.82) is 0 Å². The smallest absolute Gasteiger partial charge is 0.211 e. The number of phenolic OH excluding ortho intramolecular Hbond substituents is 1. The van der Waals surface area contributed by atoms with E-state index in [2.05, 4.69) is 10.3 Å². The van der Waals surface area contributed by atoms with Gasteiger partial charge in [0.05, 0.1) is 5.69 Å². The molecule has 1 amide bonds. The SMILES string of the molecule is O=CN/C=C/c1cc2cccc(O)c2cn1. The molecule has 0 fully saturated rings. The second-order valence-corrected chi connectivity index (χ2v) is 3.23. The number of aromatic nitrogens is 1. The third-order valence-electron chi connectivity index (χ3n) is 2.18. The summed E-state index contributed by atoms with van der Waals surface area (Å²) in [6, 6.07) is 7.11. The molecular weight excluding hydrogens is 204 g/mol. The highest BCUT2D eigenvalue weighted by atomic mass is 16.3. The van der Waals surface area contributed by atoms with Gasteiger partial charge in [-0.25, -0.2) is 0 Å². The summed E-state index contributed by atoms with van der Waals surface area (Å²) in [7, 11) is 0. The van der Waals surface area contributed by atoms with Crippen LogP contribution in [-0.2, 0) is 4.79 Å². The van der Waals surface area contributed by atoms with Crippen LogP contribution in [0.25, 0.3) is 16.8 Å².